The van der Waals surface area contributed by atoms with Crippen LogP contribution in [0.5, 0.6) is 23.0 Å². The van der Waals surface area contributed by atoms with Crippen LogP contribution >= 0.6 is 0 Å². The number of hydrogen-bond acceptors (Lipinski definition) is 6. The number of rotatable bonds is 13. The molecule has 234 valence electrons. The van der Waals surface area contributed by atoms with Crippen molar-refractivity contribution in [3.05, 3.63) is 76.6 Å². The van der Waals surface area contributed by atoms with Crippen LogP contribution in [0.1, 0.15) is 83.6 Å². The fraction of sp³-hybridized carbons (Fsp3) is 0.471. The Hall–Kier alpha value is -3.26. The molecule has 1 atom stereocenters. The van der Waals surface area contributed by atoms with Crippen molar-refractivity contribution in [2.24, 2.45) is 5.92 Å². The van der Waals surface area contributed by atoms with Gasteiger partial charge in [-0.3, -0.25) is 0 Å². The van der Waals surface area contributed by atoms with Gasteiger partial charge in [0.25, 0.3) is 0 Å². The van der Waals surface area contributed by atoms with Crippen molar-refractivity contribution in [1.29, 1.82) is 0 Å². The maximum absolute atomic E-state index is 13.8. The molecular formula is C34H49FO6S. The van der Waals surface area contributed by atoms with E-state index in [0.29, 0.717) is 30.1 Å². The molecule has 0 saturated carbocycles. The Morgan fingerprint density at radius 1 is 0.810 bits per heavy atom. The minimum atomic E-state index is -4.31. The van der Waals surface area contributed by atoms with Crippen molar-refractivity contribution in [3.63, 3.8) is 0 Å². The molecule has 0 radical (unpaired) electrons. The van der Waals surface area contributed by atoms with Crippen LogP contribution in [-0.2, 0) is 29.4 Å². The highest BCUT2D eigenvalue weighted by Gasteiger charge is 2.26. The molecule has 0 fully saturated rings. The first kappa shape index (κ1) is 36.8. The van der Waals surface area contributed by atoms with Gasteiger partial charge < -0.3 is 18.4 Å². The number of ether oxygens (including phenoxy) is 3. The highest BCUT2D eigenvalue weighted by molar-refractivity contribution is 7.87. The molecular weight excluding hydrogens is 555 g/mol. The Morgan fingerprint density at radius 3 is 1.98 bits per heavy atom. The summed E-state index contributed by atoms with van der Waals surface area (Å²) in [5.41, 5.74) is 4.05. The Morgan fingerprint density at radius 2 is 1.43 bits per heavy atom. The third kappa shape index (κ3) is 9.12. The van der Waals surface area contributed by atoms with E-state index in [9.17, 15) is 12.8 Å². The van der Waals surface area contributed by atoms with Crippen LogP contribution in [0, 0.1) is 11.7 Å². The summed E-state index contributed by atoms with van der Waals surface area (Å²) in [4.78, 5) is -0.256. The molecule has 0 N–H and O–H groups in total. The molecule has 0 aliphatic rings. The normalized spacial score (nSPS) is 11.6. The molecule has 3 rings (SSSR count). The Bertz CT molecular complexity index is 1390. The molecule has 0 saturated heterocycles. The molecule has 3 aromatic carbocycles. The van der Waals surface area contributed by atoms with E-state index in [1.165, 1.54) is 30.9 Å². The third-order valence-electron chi connectivity index (χ3n) is 6.65. The number of benzene rings is 3. The lowest BCUT2D eigenvalue weighted by Crippen LogP contribution is -2.15. The van der Waals surface area contributed by atoms with Gasteiger partial charge in [-0.05, 0) is 84.2 Å². The van der Waals surface area contributed by atoms with Gasteiger partial charge in [-0.15, -0.1) is 0 Å². The van der Waals surface area contributed by atoms with Crippen LogP contribution in [0.3, 0.4) is 0 Å². The Kier molecular flexibility index (Phi) is 14.9. The van der Waals surface area contributed by atoms with Crippen molar-refractivity contribution in [3.8, 4) is 23.0 Å². The standard InChI is InChI=1S/C31H39FO6S.C2H6.CH4/c1-8-10-22-17-29(36-6)30(37-7)19-26(22)21(4)16-23-13-14-28(35-5)31(27(23)15-20(2)3)38-39(33,34)25-12-9-11-24(32)18-25;1-2;/h9,11-14,17-21H,8,10,15-16H2,1-7H3;1-2H3;1H4. The van der Waals surface area contributed by atoms with Crippen LogP contribution in [0.25, 0.3) is 0 Å². The number of methoxy groups -OCH3 is 3. The highest BCUT2D eigenvalue weighted by atomic mass is 32.2. The van der Waals surface area contributed by atoms with Gasteiger partial charge in [-0.2, -0.15) is 8.42 Å². The summed E-state index contributed by atoms with van der Waals surface area (Å²) >= 11 is 0. The fourth-order valence-electron chi connectivity index (χ4n) is 4.82. The summed E-state index contributed by atoms with van der Waals surface area (Å²) < 4.78 is 62.6. The van der Waals surface area contributed by atoms with Gasteiger partial charge in [-0.1, -0.05) is 67.5 Å². The summed E-state index contributed by atoms with van der Waals surface area (Å²) in [6.07, 6.45) is 3.07. The molecule has 0 bridgehead atoms. The van der Waals surface area contributed by atoms with Crippen LogP contribution in [0.15, 0.2) is 53.4 Å². The summed E-state index contributed by atoms with van der Waals surface area (Å²) in [6.45, 7) is 12.4. The van der Waals surface area contributed by atoms with Gasteiger partial charge in [0, 0.05) is 5.56 Å². The molecule has 0 amide bonds. The van der Waals surface area contributed by atoms with Crippen molar-refractivity contribution >= 4 is 10.1 Å². The van der Waals surface area contributed by atoms with E-state index in [0.717, 1.165) is 35.6 Å². The molecule has 0 aliphatic heterocycles. The summed E-state index contributed by atoms with van der Waals surface area (Å²) in [5.74, 6) is 1.44. The van der Waals surface area contributed by atoms with Gasteiger partial charge >= 0.3 is 10.1 Å². The van der Waals surface area contributed by atoms with Crippen molar-refractivity contribution in [2.75, 3.05) is 21.3 Å². The minimum absolute atomic E-state index is 0. The van der Waals surface area contributed by atoms with Crippen LogP contribution < -0.4 is 18.4 Å². The Balaban J connectivity index is 0.00000288. The highest BCUT2D eigenvalue weighted by Crippen LogP contribution is 2.41. The molecule has 6 nitrogen and oxygen atoms in total. The van der Waals surface area contributed by atoms with Gasteiger partial charge in [-0.25, -0.2) is 4.39 Å². The molecule has 1 unspecified atom stereocenters. The number of halogens is 1. The average molecular weight is 605 g/mol. The van der Waals surface area contributed by atoms with Gasteiger partial charge in [0.2, 0.25) is 0 Å². The smallest absolute Gasteiger partial charge is 0.339 e. The number of hydrogen-bond donors (Lipinski definition) is 0. The van der Waals surface area contributed by atoms with E-state index < -0.39 is 15.9 Å². The predicted molar refractivity (Wildman–Crippen MR) is 169 cm³/mol. The second kappa shape index (κ2) is 17.0. The van der Waals surface area contributed by atoms with E-state index in [2.05, 4.69) is 27.7 Å². The molecule has 0 heterocycles. The van der Waals surface area contributed by atoms with Gasteiger partial charge in [0.1, 0.15) is 10.7 Å². The van der Waals surface area contributed by atoms with Gasteiger partial charge in [0.15, 0.2) is 23.0 Å². The molecule has 0 aliphatic carbocycles. The fourth-order valence-corrected chi connectivity index (χ4v) is 5.82. The zero-order chi connectivity index (χ0) is 30.7. The first-order valence-electron chi connectivity index (χ1n) is 14.2. The quantitative estimate of drug-likeness (QED) is 0.182. The van der Waals surface area contributed by atoms with Crippen LogP contribution in [0.4, 0.5) is 4.39 Å². The predicted octanol–water partition coefficient (Wildman–Crippen LogP) is 8.78. The van der Waals surface area contributed by atoms with Crippen molar-refractivity contribution < 1.29 is 31.2 Å². The first-order valence-corrected chi connectivity index (χ1v) is 15.6. The zero-order valence-corrected chi connectivity index (χ0v) is 26.7. The second-order valence-electron chi connectivity index (χ2n) is 10.1. The molecule has 42 heavy (non-hydrogen) atoms. The molecule has 3 aromatic rings. The average Bonchev–Trinajstić information content (AvgIpc) is 2.95. The van der Waals surface area contributed by atoms with E-state index in [1.54, 1.807) is 20.3 Å². The van der Waals surface area contributed by atoms with E-state index in [4.69, 9.17) is 18.4 Å². The summed E-state index contributed by atoms with van der Waals surface area (Å²) in [5, 5.41) is 0. The van der Waals surface area contributed by atoms with Crippen LogP contribution in [-0.4, -0.2) is 29.7 Å². The first-order chi connectivity index (χ1) is 19.5. The second-order valence-corrected chi connectivity index (χ2v) is 11.6. The monoisotopic (exact) mass is 604 g/mol. The van der Waals surface area contributed by atoms with Crippen molar-refractivity contribution in [1.82, 2.24) is 0 Å². The van der Waals surface area contributed by atoms with E-state index >= 15 is 0 Å². The van der Waals surface area contributed by atoms with Gasteiger partial charge in [0.05, 0.1) is 21.3 Å². The zero-order valence-electron chi connectivity index (χ0n) is 25.8. The lowest BCUT2D eigenvalue weighted by molar-refractivity contribution is 0.353. The lowest BCUT2D eigenvalue weighted by Gasteiger charge is -2.23. The van der Waals surface area contributed by atoms with Crippen LogP contribution in [0.2, 0.25) is 0 Å². The molecule has 8 heteroatoms. The van der Waals surface area contributed by atoms with E-state index in [-0.39, 0.29) is 29.9 Å². The Labute approximate surface area is 253 Å². The topological polar surface area (TPSA) is 71.1 Å². The summed E-state index contributed by atoms with van der Waals surface area (Å²) in [6, 6.07) is 12.6. The largest absolute Gasteiger partial charge is 0.493 e. The van der Waals surface area contributed by atoms with Crippen molar-refractivity contribution in [2.45, 2.75) is 85.5 Å². The lowest BCUT2D eigenvalue weighted by atomic mass is 9.85. The summed E-state index contributed by atoms with van der Waals surface area (Å²) in [7, 11) is 0.420. The van der Waals surface area contributed by atoms with E-state index in [1.807, 2.05) is 32.0 Å². The maximum atomic E-state index is 13.8. The third-order valence-corrected chi connectivity index (χ3v) is 7.87. The number of aryl methyl sites for hydroxylation is 1. The maximum Gasteiger partial charge on any atom is 0.339 e. The SMILES string of the molecule is C.CC.CCCc1cc(OC)c(OC)cc1C(C)Cc1ccc(OC)c(OS(=O)(=O)c2cccc(F)c2)c1CC(C)C. The minimum Gasteiger partial charge on any atom is -0.493 e. The molecule has 0 spiro atoms. The molecule has 0 aromatic heterocycles.